The molecule has 7 heteroatoms. The second-order valence-corrected chi connectivity index (χ2v) is 6.89. The average Bonchev–Trinajstić information content (AvgIpc) is 3.00. The molecule has 0 aliphatic carbocycles. The summed E-state index contributed by atoms with van der Waals surface area (Å²) in [5.74, 6) is 0.882. The van der Waals surface area contributed by atoms with Gasteiger partial charge in [-0.15, -0.1) is 17.5 Å². The summed E-state index contributed by atoms with van der Waals surface area (Å²) in [6, 6.07) is 4.21. The first-order chi connectivity index (χ1) is 11.1. The van der Waals surface area contributed by atoms with Crippen LogP contribution in [0.15, 0.2) is 18.3 Å². The fourth-order valence-electron chi connectivity index (χ4n) is 3.70. The van der Waals surface area contributed by atoms with E-state index in [0.29, 0.717) is 23.6 Å². The molecule has 3 rings (SSSR count). The summed E-state index contributed by atoms with van der Waals surface area (Å²) in [7, 11) is 0. The molecular formula is C17H27ClN4O2. The van der Waals surface area contributed by atoms with Crippen molar-refractivity contribution in [3.05, 3.63) is 24.0 Å². The highest BCUT2D eigenvalue weighted by Gasteiger charge is 2.38. The van der Waals surface area contributed by atoms with Crippen molar-refractivity contribution in [2.24, 2.45) is 11.8 Å². The molecule has 1 amide bonds. The zero-order chi connectivity index (χ0) is 16.2. The van der Waals surface area contributed by atoms with Gasteiger partial charge in [0.05, 0.1) is 0 Å². The van der Waals surface area contributed by atoms with Crippen molar-refractivity contribution in [1.82, 2.24) is 20.4 Å². The molecule has 2 fully saturated rings. The van der Waals surface area contributed by atoms with Gasteiger partial charge >= 0.3 is 0 Å². The molecule has 0 unspecified atom stereocenters. The Hall–Kier alpha value is -1.24. The number of likely N-dealkylation sites (tertiary alicyclic amines) is 1. The number of halogens is 1. The van der Waals surface area contributed by atoms with Gasteiger partial charge in [0.1, 0.15) is 0 Å². The Morgan fingerprint density at radius 2 is 2.08 bits per heavy atom. The van der Waals surface area contributed by atoms with E-state index in [1.165, 1.54) is 0 Å². The molecule has 24 heavy (non-hydrogen) atoms. The van der Waals surface area contributed by atoms with Crippen LogP contribution in [0, 0.1) is 11.8 Å². The summed E-state index contributed by atoms with van der Waals surface area (Å²) in [6.07, 6.45) is 3.77. The number of hydrogen-bond donors (Lipinski definition) is 1. The van der Waals surface area contributed by atoms with Gasteiger partial charge in [-0.05, 0) is 36.8 Å². The number of carbonyl (C=O) groups excluding carboxylic acids is 1. The molecule has 2 aliphatic heterocycles. The van der Waals surface area contributed by atoms with E-state index in [1.807, 2.05) is 0 Å². The zero-order valence-corrected chi connectivity index (χ0v) is 15.2. The predicted molar refractivity (Wildman–Crippen MR) is 94.3 cm³/mol. The minimum atomic E-state index is -0.123. The van der Waals surface area contributed by atoms with Crippen LogP contribution in [-0.2, 0) is 4.74 Å². The van der Waals surface area contributed by atoms with Crippen LogP contribution in [0.2, 0.25) is 0 Å². The molecule has 0 radical (unpaired) electrons. The Labute approximate surface area is 149 Å². The van der Waals surface area contributed by atoms with Crippen molar-refractivity contribution in [2.45, 2.75) is 38.8 Å². The van der Waals surface area contributed by atoms with E-state index in [0.717, 1.165) is 39.1 Å². The van der Waals surface area contributed by atoms with Crippen molar-refractivity contribution >= 4 is 18.3 Å². The molecule has 0 aromatic carbocycles. The Balaban J connectivity index is 0.00000208. The lowest BCUT2D eigenvalue weighted by atomic mass is 9.91. The van der Waals surface area contributed by atoms with Crippen LogP contribution >= 0.6 is 12.4 Å². The van der Waals surface area contributed by atoms with Crippen LogP contribution in [0.5, 0.6) is 0 Å². The lowest BCUT2D eigenvalue weighted by Crippen LogP contribution is -2.43. The van der Waals surface area contributed by atoms with Gasteiger partial charge in [0.25, 0.3) is 5.91 Å². The number of carbonyl (C=O) groups is 1. The summed E-state index contributed by atoms with van der Waals surface area (Å²) in [5, 5.41) is 10.9. The Morgan fingerprint density at radius 3 is 2.71 bits per heavy atom. The maximum absolute atomic E-state index is 12.4. The normalized spacial score (nSPS) is 25.5. The number of aromatic nitrogens is 2. The number of ether oxygens (including phenoxy) is 1. The molecule has 0 spiro atoms. The van der Waals surface area contributed by atoms with Gasteiger partial charge in [0.2, 0.25) is 0 Å². The maximum Gasteiger partial charge on any atom is 0.272 e. The zero-order valence-electron chi connectivity index (χ0n) is 14.4. The summed E-state index contributed by atoms with van der Waals surface area (Å²) in [4.78, 5) is 14.9. The van der Waals surface area contributed by atoms with Gasteiger partial charge in [-0.2, -0.15) is 5.10 Å². The topological polar surface area (TPSA) is 67.3 Å². The van der Waals surface area contributed by atoms with E-state index in [4.69, 9.17) is 4.74 Å². The monoisotopic (exact) mass is 354 g/mol. The van der Waals surface area contributed by atoms with Gasteiger partial charge in [-0.3, -0.25) is 9.69 Å². The lowest BCUT2D eigenvalue weighted by Gasteiger charge is -2.31. The second-order valence-electron chi connectivity index (χ2n) is 6.89. The standard InChI is InChI=1S/C17H26N4O2.ClH/c1-12(2)14-10-21(13-5-8-23-9-6-13)11-16(14)19-17(22)15-4-3-7-18-20-15;/h3-4,7,12-14,16H,5-6,8-11H2,1-2H3,(H,19,22);1H/t14-,16+;/m1./s1. The number of amides is 1. The van der Waals surface area contributed by atoms with Gasteiger partial charge in [-0.1, -0.05) is 13.8 Å². The summed E-state index contributed by atoms with van der Waals surface area (Å²) < 4.78 is 5.47. The third-order valence-electron chi connectivity index (χ3n) is 5.08. The fraction of sp³-hybridized carbons (Fsp3) is 0.706. The van der Waals surface area contributed by atoms with Crippen molar-refractivity contribution < 1.29 is 9.53 Å². The molecule has 0 saturated carbocycles. The molecule has 2 atom stereocenters. The first-order valence-electron chi connectivity index (χ1n) is 8.55. The third-order valence-corrected chi connectivity index (χ3v) is 5.08. The van der Waals surface area contributed by atoms with E-state index in [1.54, 1.807) is 18.3 Å². The van der Waals surface area contributed by atoms with E-state index in [-0.39, 0.29) is 24.4 Å². The number of rotatable bonds is 4. The smallest absolute Gasteiger partial charge is 0.272 e. The SMILES string of the molecule is CC(C)[C@H]1CN(C2CCOCC2)C[C@@H]1NC(=O)c1cccnn1.Cl. The summed E-state index contributed by atoms with van der Waals surface area (Å²) >= 11 is 0. The average molecular weight is 355 g/mol. The minimum absolute atomic E-state index is 0. The van der Waals surface area contributed by atoms with Crippen molar-refractivity contribution in [3.8, 4) is 0 Å². The molecule has 0 bridgehead atoms. The third kappa shape index (κ3) is 4.43. The molecule has 2 aliphatic rings. The molecular weight excluding hydrogens is 328 g/mol. The van der Waals surface area contributed by atoms with Crippen LogP contribution < -0.4 is 5.32 Å². The first kappa shape index (κ1) is 19.1. The molecule has 1 N–H and O–H groups in total. The van der Waals surface area contributed by atoms with Crippen LogP contribution in [0.4, 0.5) is 0 Å². The first-order valence-corrected chi connectivity index (χ1v) is 8.55. The number of hydrogen-bond acceptors (Lipinski definition) is 5. The van der Waals surface area contributed by atoms with Gasteiger partial charge in [0.15, 0.2) is 5.69 Å². The van der Waals surface area contributed by atoms with Crippen molar-refractivity contribution in [1.29, 1.82) is 0 Å². The maximum atomic E-state index is 12.4. The van der Waals surface area contributed by atoms with Gasteiger partial charge in [0, 0.05) is 44.6 Å². The molecule has 2 saturated heterocycles. The molecule has 6 nitrogen and oxygen atoms in total. The Bertz CT molecular complexity index is 523. The second kappa shape index (κ2) is 8.74. The lowest BCUT2D eigenvalue weighted by molar-refractivity contribution is 0.0401. The minimum Gasteiger partial charge on any atom is -0.381 e. The van der Waals surface area contributed by atoms with E-state index in [2.05, 4.69) is 34.3 Å². The van der Waals surface area contributed by atoms with Crippen molar-refractivity contribution in [2.75, 3.05) is 26.3 Å². The van der Waals surface area contributed by atoms with Gasteiger partial charge in [-0.25, -0.2) is 0 Å². The van der Waals surface area contributed by atoms with E-state index >= 15 is 0 Å². The summed E-state index contributed by atoms with van der Waals surface area (Å²) in [5.41, 5.74) is 0.388. The molecule has 1 aromatic heterocycles. The Kier molecular flexibility index (Phi) is 6.95. The Morgan fingerprint density at radius 1 is 1.33 bits per heavy atom. The molecule has 3 heterocycles. The highest BCUT2D eigenvalue weighted by Crippen LogP contribution is 2.28. The quantitative estimate of drug-likeness (QED) is 0.892. The van der Waals surface area contributed by atoms with Crippen molar-refractivity contribution in [3.63, 3.8) is 0 Å². The fourth-order valence-corrected chi connectivity index (χ4v) is 3.70. The highest BCUT2D eigenvalue weighted by atomic mass is 35.5. The molecule has 134 valence electrons. The number of nitrogens with one attached hydrogen (secondary N) is 1. The predicted octanol–water partition coefficient (Wildman–Crippen LogP) is 1.76. The molecule has 1 aromatic rings. The summed E-state index contributed by atoms with van der Waals surface area (Å²) in [6.45, 7) is 8.14. The number of nitrogens with zero attached hydrogens (tertiary/aromatic N) is 3. The van der Waals surface area contributed by atoms with E-state index in [9.17, 15) is 4.79 Å². The van der Waals surface area contributed by atoms with Gasteiger partial charge < -0.3 is 10.1 Å². The highest BCUT2D eigenvalue weighted by molar-refractivity contribution is 5.92. The van der Waals surface area contributed by atoms with E-state index < -0.39 is 0 Å². The largest absolute Gasteiger partial charge is 0.381 e. The van der Waals surface area contributed by atoms with Crippen LogP contribution in [0.25, 0.3) is 0 Å². The van der Waals surface area contributed by atoms with Crippen LogP contribution in [0.1, 0.15) is 37.2 Å². The van der Waals surface area contributed by atoms with Crippen LogP contribution in [0.3, 0.4) is 0 Å². The van der Waals surface area contributed by atoms with Crippen LogP contribution in [-0.4, -0.2) is 59.4 Å².